The first kappa shape index (κ1) is 22.2. The number of nitrogens with zero attached hydrogens (tertiary/aromatic N) is 2. The van der Waals surface area contributed by atoms with Crippen LogP contribution in [0.15, 0.2) is 97.1 Å². The predicted octanol–water partition coefficient (Wildman–Crippen LogP) is 6.06. The lowest BCUT2D eigenvalue weighted by Gasteiger charge is -2.44. The molecule has 0 bridgehead atoms. The van der Waals surface area contributed by atoms with E-state index in [0.29, 0.717) is 49.2 Å². The van der Waals surface area contributed by atoms with Gasteiger partial charge in [0, 0.05) is 42.6 Å². The molecule has 5 nitrogen and oxygen atoms in total. The highest BCUT2D eigenvalue weighted by Crippen LogP contribution is 2.39. The standard InChI is InChI=1S/C31H26N2O3/c34-28-21-31(36-29-14-8-7-13-25(28)29)15-17-33(18-16-31)30(35)24-19-26(22-9-3-1-4-10-22)32-27(20-24)23-11-5-2-6-12-23/h1-14,19-20H,15-18,21H2. The highest BCUT2D eigenvalue weighted by Gasteiger charge is 2.43. The number of carbonyl (C=O) groups is 2. The third-order valence-corrected chi connectivity index (χ3v) is 7.17. The Balaban J connectivity index is 1.27. The molecule has 1 amide bonds. The van der Waals surface area contributed by atoms with Gasteiger partial charge in [0.1, 0.15) is 11.4 Å². The van der Waals surface area contributed by atoms with Crippen molar-refractivity contribution >= 4 is 11.7 Å². The molecule has 4 aromatic rings. The first-order chi connectivity index (χ1) is 17.6. The molecule has 2 aliphatic rings. The second-order valence-corrected chi connectivity index (χ2v) is 9.53. The van der Waals surface area contributed by atoms with Crippen LogP contribution in [-0.4, -0.2) is 40.3 Å². The fourth-order valence-electron chi connectivity index (χ4n) is 5.19. The second kappa shape index (κ2) is 9.08. The second-order valence-electron chi connectivity index (χ2n) is 9.53. The van der Waals surface area contributed by atoms with Crippen LogP contribution >= 0.6 is 0 Å². The van der Waals surface area contributed by atoms with Crippen LogP contribution in [0.2, 0.25) is 0 Å². The van der Waals surface area contributed by atoms with Gasteiger partial charge in [0.2, 0.25) is 0 Å². The third kappa shape index (κ3) is 4.17. The number of hydrogen-bond acceptors (Lipinski definition) is 4. The summed E-state index contributed by atoms with van der Waals surface area (Å²) in [7, 11) is 0. The summed E-state index contributed by atoms with van der Waals surface area (Å²) in [5.74, 6) is 0.748. The van der Waals surface area contributed by atoms with Gasteiger partial charge < -0.3 is 9.64 Å². The minimum absolute atomic E-state index is 0.0239. The number of likely N-dealkylation sites (tertiary alicyclic amines) is 1. The summed E-state index contributed by atoms with van der Waals surface area (Å²) in [5.41, 5.74) is 4.21. The monoisotopic (exact) mass is 474 g/mol. The summed E-state index contributed by atoms with van der Waals surface area (Å²) in [6, 6.07) is 31.0. The molecule has 0 saturated carbocycles. The van der Waals surface area contributed by atoms with Crippen molar-refractivity contribution in [3.05, 3.63) is 108 Å². The number of piperidine rings is 1. The molecule has 0 radical (unpaired) electrons. The van der Waals surface area contributed by atoms with Crippen LogP contribution in [0.5, 0.6) is 5.75 Å². The smallest absolute Gasteiger partial charge is 0.254 e. The van der Waals surface area contributed by atoms with E-state index in [1.165, 1.54) is 0 Å². The van der Waals surface area contributed by atoms with Crippen LogP contribution in [0, 0.1) is 0 Å². The molecule has 178 valence electrons. The van der Waals surface area contributed by atoms with E-state index in [4.69, 9.17) is 9.72 Å². The first-order valence-electron chi connectivity index (χ1n) is 12.3. The third-order valence-electron chi connectivity index (χ3n) is 7.17. The maximum absolute atomic E-state index is 13.7. The summed E-state index contributed by atoms with van der Waals surface area (Å²) >= 11 is 0. The van der Waals surface area contributed by atoms with Crippen molar-refractivity contribution in [3.8, 4) is 28.3 Å². The Morgan fingerprint density at radius 2 is 1.33 bits per heavy atom. The van der Waals surface area contributed by atoms with Crippen LogP contribution in [0.1, 0.15) is 40.0 Å². The number of hydrogen-bond donors (Lipinski definition) is 0. The zero-order valence-electron chi connectivity index (χ0n) is 19.9. The number of aromatic nitrogens is 1. The van der Waals surface area contributed by atoms with Gasteiger partial charge in [-0.05, 0) is 24.3 Å². The maximum atomic E-state index is 13.7. The van der Waals surface area contributed by atoms with Crippen molar-refractivity contribution in [2.24, 2.45) is 0 Å². The van der Waals surface area contributed by atoms with Gasteiger partial charge in [-0.25, -0.2) is 4.98 Å². The quantitative estimate of drug-likeness (QED) is 0.362. The number of amides is 1. The molecular formula is C31H26N2O3. The molecule has 1 aromatic heterocycles. The molecule has 1 fully saturated rings. The fourth-order valence-corrected chi connectivity index (χ4v) is 5.19. The van der Waals surface area contributed by atoms with E-state index in [1.54, 1.807) is 0 Å². The Morgan fingerprint density at radius 3 is 1.94 bits per heavy atom. The Hall–Kier alpha value is -4.25. The van der Waals surface area contributed by atoms with Crippen molar-refractivity contribution < 1.29 is 14.3 Å². The molecule has 6 rings (SSSR count). The van der Waals surface area contributed by atoms with Crippen LogP contribution in [0.3, 0.4) is 0 Å². The molecule has 5 heteroatoms. The van der Waals surface area contributed by atoms with Gasteiger partial charge in [-0.1, -0.05) is 72.8 Å². The fraction of sp³-hybridized carbons (Fsp3) is 0.194. The average molecular weight is 475 g/mol. The highest BCUT2D eigenvalue weighted by atomic mass is 16.5. The Labute approximate surface area is 210 Å². The van der Waals surface area contributed by atoms with Crippen molar-refractivity contribution in [2.45, 2.75) is 24.9 Å². The zero-order valence-corrected chi connectivity index (χ0v) is 19.9. The van der Waals surface area contributed by atoms with E-state index in [1.807, 2.05) is 102 Å². The van der Waals surface area contributed by atoms with Gasteiger partial charge in [-0.3, -0.25) is 9.59 Å². The molecule has 2 aliphatic heterocycles. The molecule has 0 atom stereocenters. The Bertz CT molecular complexity index is 1370. The molecule has 0 aliphatic carbocycles. The zero-order chi connectivity index (χ0) is 24.5. The predicted molar refractivity (Wildman–Crippen MR) is 139 cm³/mol. The van der Waals surface area contributed by atoms with Crippen molar-refractivity contribution in [2.75, 3.05) is 13.1 Å². The van der Waals surface area contributed by atoms with E-state index in [0.717, 1.165) is 22.5 Å². The van der Waals surface area contributed by atoms with Crippen LogP contribution in [0.4, 0.5) is 0 Å². The molecule has 3 heterocycles. The van der Waals surface area contributed by atoms with Crippen molar-refractivity contribution in [1.82, 2.24) is 9.88 Å². The number of carbonyl (C=O) groups excluding carboxylic acids is 2. The lowest BCUT2D eigenvalue weighted by Crippen LogP contribution is -2.52. The van der Waals surface area contributed by atoms with E-state index in [9.17, 15) is 9.59 Å². The van der Waals surface area contributed by atoms with Gasteiger partial charge in [0.25, 0.3) is 5.91 Å². The minimum atomic E-state index is -0.537. The van der Waals surface area contributed by atoms with Gasteiger partial charge in [-0.15, -0.1) is 0 Å². The number of benzene rings is 3. The molecule has 3 aromatic carbocycles. The van der Waals surface area contributed by atoms with Gasteiger partial charge in [0.15, 0.2) is 5.78 Å². The number of Topliss-reactive ketones (excluding diaryl/α,β-unsaturated/α-hetero) is 1. The number of ketones is 1. The molecule has 1 saturated heterocycles. The maximum Gasteiger partial charge on any atom is 0.254 e. The number of rotatable bonds is 3. The summed E-state index contributed by atoms with van der Waals surface area (Å²) < 4.78 is 6.35. The van der Waals surface area contributed by atoms with Gasteiger partial charge >= 0.3 is 0 Å². The summed E-state index contributed by atoms with van der Waals surface area (Å²) in [5, 5.41) is 0. The summed E-state index contributed by atoms with van der Waals surface area (Å²) in [4.78, 5) is 33.2. The average Bonchev–Trinajstić information content (AvgIpc) is 2.94. The highest BCUT2D eigenvalue weighted by molar-refractivity contribution is 6.00. The molecule has 1 spiro atoms. The van der Waals surface area contributed by atoms with Gasteiger partial charge in [0.05, 0.1) is 23.4 Å². The molecule has 0 N–H and O–H groups in total. The lowest BCUT2D eigenvalue weighted by molar-refractivity contribution is -0.00570. The van der Waals surface area contributed by atoms with Crippen LogP contribution in [0.25, 0.3) is 22.5 Å². The molecule has 0 unspecified atom stereocenters. The van der Waals surface area contributed by atoms with E-state index in [2.05, 4.69) is 0 Å². The van der Waals surface area contributed by atoms with Crippen LogP contribution < -0.4 is 4.74 Å². The van der Waals surface area contributed by atoms with Crippen LogP contribution in [-0.2, 0) is 0 Å². The van der Waals surface area contributed by atoms with E-state index in [-0.39, 0.29) is 11.7 Å². The minimum Gasteiger partial charge on any atom is -0.486 e. The topological polar surface area (TPSA) is 59.5 Å². The number of para-hydroxylation sites is 1. The summed E-state index contributed by atoms with van der Waals surface area (Å²) in [6.45, 7) is 1.08. The molecule has 36 heavy (non-hydrogen) atoms. The first-order valence-corrected chi connectivity index (χ1v) is 12.3. The van der Waals surface area contributed by atoms with Gasteiger partial charge in [-0.2, -0.15) is 0 Å². The van der Waals surface area contributed by atoms with E-state index < -0.39 is 5.60 Å². The molecular weight excluding hydrogens is 448 g/mol. The van der Waals surface area contributed by atoms with Crippen molar-refractivity contribution in [3.63, 3.8) is 0 Å². The SMILES string of the molecule is O=C1CC2(CCN(C(=O)c3cc(-c4ccccc4)nc(-c4ccccc4)c3)CC2)Oc2ccccc21. The van der Waals surface area contributed by atoms with Crippen molar-refractivity contribution in [1.29, 1.82) is 0 Å². The van der Waals surface area contributed by atoms with E-state index >= 15 is 0 Å². The number of fused-ring (bicyclic) bond motifs is 1. The number of ether oxygens (including phenoxy) is 1. The normalized spacial score (nSPS) is 16.3. The number of pyridine rings is 1. The largest absolute Gasteiger partial charge is 0.486 e. The summed E-state index contributed by atoms with van der Waals surface area (Å²) in [6.07, 6.45) is 1.61. The Morgan fingerprint density at radius 1 is 0.778 bits per heavy atom. The Kier molecular flexibility index (Phi) is 5.61. The lowest BCUT2D eigenvalue weighted by atomic mass is 9.82.